The Balaban J connectivity index is 2.19. The highest BCUT2D eigenvalue weighted by Crippen LogP contribution is 2.38. The van der Waals surface area contributed by atoms with E-state index < -0.39 is 16.0 Å². The summed E-state index contributed by atoms with van der Waals surface area (Å²) in [4.78, 5) is 12.1. The second kappa shape index (κ2) is 10.7. The zero-order valence-corrected chi connectivity index (χ0v) is 20.6. The second-order valence-corrected chi connectivity index (χ2v) is 9.34. The van der Waals surface area contributed by atoms with Gasteiger partial charge >= 0.3 is 5.97 Å². The number of methoxy groups -OCH3 is 2. The summed E-state index contributed by atoms with van der Waals surface area (Å²) in [6.07, 6.45) is 0.730. The van der Waals surface area contributed by atoms with Gasteiger partial charge in [0.05, 0.1) is 24.2 Å². The number of esters is 1. The molecule has 0 radical (unpaired) electrons. The summed E-state index contributed by atoms with van der Waals surface area (Å²) in [6, 6.07) is 11.3. The average Bonchev–Trinajstić information content (AvgIpc) is 3.17. The van der Waals surface area contributed by atoms with Crippen molar-refractivity contribution >= 4 is 21.8 Å². The van der Waals surface area contributed by atoms with Crippen LogP contribution in [0.15, 0.2) is 51.9 Å². The van der Waals surface area contributed by atoms with Gasteiger partial charge in [0, 0.05) is 23.8 Å². The quantitative estimate of drug-likeness (QED) is 0.306. The predicted octanol–water partition coefficient (Wildman–Crippen LogP) is 4.33. The van der Waals surface area contributed by atoms with Crippen molar-refractivity contribution in [3.8, 4) is 16.9 Å². The van der Waals surface area contributed by atoms with Gasteiger partial charge < -0.3 is 18.7 Å². The molecule has 0 fully saturated rings. The summed E-state index contributed by atoms with van der Waals surface area (Å²) in [5.74, 6) is 0.516. The van der Waals surface area contributed by atoms with Crippen LogP contribution in [0, 0.1) is 13.8 Å². The molecule has 34 heavy (non-hydrogen) atoms. The Hall–Kier alpha value is -3.37. The monoisotopic (exact) mass is 488 g/mol. The van der Waals surface area contributed by atoms with E-state index in [1.165, 1.54) is 20.3 Å². The van der Waals surface area contributed by atoms with E-state index in [2.05, 4.69) is 5.16 Å². The maximum Gasteiger partial charge on any atom is 0.337 e. The van der Waals surface area contributed by atoms with Crippen molar-refractivity contribution in [2.45, 2.75) is 32.1 Å². The number of benzene rings is 2. The van der Waals surface area contributed by atoms with Gasteiger partial charge in [-0.1, -0.05) is 30.3 Å². The number of hydrogen-bond acceptors (Lipinski definition) is 8. The summed E-state index contributed by atoms with van der Waals surface area (Å²) >= 11 is 0. The molecule has 3 aromatic rings. The molecule has 0 atom stereocenters. The number of hydrogen-bond donors (Lipinski definition) is 0. The fourth-order valence-electron chi connectivity index (χ4n) is 3.35. The van der Waals surface area contributed by atoms with E-state index in [0.717, 1.165) is 10.7 Å². The Morgan fingerprint density at radius 3 is 2.44 bits per heavy atom. The van der Waals surface area contributed by atoms with Crippen LogP contribution in [0.4, 0.5) is 5.82 Å². The van der Waals surface area contributed by atoms with Crippen LogP contribution in [0.3, 0.4) is 0 Å². The summed E-state index contributed by atoms with van der Waals surface area (Å²) < 4.78 is 49.9. The maximum absolute atomic E-state index is 13.9. The molecular weight excluding hydrogens is 460 g/mol. The average molecular weight is 489 g/mol. The molecule has 0 spiro atoms. The highest BCUT2D eigenvalue weighted by molar-refractivity contribution is 7.93. The van der Waals surface area contributed by atoms with Crippen molar-refractivity contribution in [1.29, 1.82) is 0 Å². The van der Waals surface area contributed by atoms with Crippen LogP contribution < -0.4 is 9.04 Å². The topological polar surface area (TPSA) is 108 Å². The van der Waals surface area contributed by atoms with E-state index in [4.69, 9.17) is 18.7 Å². The fraction of sp³-hybridized carbons (Fsp3) is 0.333. The SMILES string of the molecule is CCCOc1cc(C(=O)OC)ccc1-c1ccccc1S(=O)(=O)N(COC)c1noc(C)c1C. The molecule has 1 heterocycles. The molecule has 2 aromatic carbocycles. The minimum atomic E-state index is -4.13. The lowest BCUT2D eigenvalue weighted by atomic mass is 10.0. The van der Waals surface area contributed by atoms with Gasteiger partial charge in [0.15, 0.2) is 5.82 Å². The van der Waals surface area contributed by atoms with Gasteiger partial charge in [0.1, 0.15) is 18.2 Å². The Morgan fingerprint density at radius 1 is 1.09 bits per heavy atom. The molecule has 0 saturated carbocycles. The standard InChI is InChI=1S/C24H28N2O7S/c1-6-13-32-21-14-18(24(27)31-5)11-12-19(21)20-9-7-8-10-22(20)34(28,29)26(15-30-4)23-16(2)17(3)33-25-23/h7-12,14H,6,13,15H2,1-5H3. The largest absolute Gasteiger partial charge is 0.493 e. The number of aromatic nitrogens is 1. The number of sulfonamides is 1. The van der Waals surface area contributed by atoms with Gasteiger partial charge in [0.2, 0.25) is 0 Å². The molecular formula is C24H28N2O7S. The molecule has 182 valence electrons. The first-order chi connectivity index (χ1) is 16.3. The molecule has 9 nitrogen and oxygen atoms in total. The molecule has 0 N–H and O–H groups in total. The molecule has 0 unspecified atom stereocenters. The highest BCUT2D eigenvalue weighted by Gasteiger charge is 2.32. The van der Waals surface area contributed by atoms with Crippen LogP contribution in [0.5, 0.6) is 5.75 Å². The van der Waals surface area contributed by atoms with Crippen LogP contribution >= 0.6 is 0 Å². The van der Waals surface area contributed by atoms with Gasteiger partial charge in [-0.05, 0) is 44.5 Å². The van der Waals surface area contributed by atoms with E-state index in [1.54, 1.807) is 50.2 Å². The van der Waals surface area contributed by atoms with Crippen molar-refractivity contribution < 1.29 is 31.9 Å². The van der Waals surface area contributed by atoms with Crippen LogP contribution in [-0.2, 0) is 19.5 Å². The number of rotatable bonds is 10. The number of carbonyl (C=O) groups excluding carboxylic acids is 1. The number of carbonyl (C=O) groups is 1. The van der Waals surface area contributed by atoms with Gasteiger partial charge in [-0.25, -0.2) is 17.5 Å². The highest BCUT2D eigenvalue weighted by atomic mass is 32.2. The minimum Gasteiger partial charge on any atom is -0.493 e. The first-order valence-corrected chi connectivity index (χ1v) is 12.1. The van der Waals surface area contributed by atoms with Gasteiger partial charge in [-0.3, -0.25) is 0 Å². The zero-order chi connectivity index (χ0) is 24.9. The van der Waals surface area contributed by atoms with Crippen LogP contribution in [-0.4, -0.2) is 47.1 Å². The smallest absolute Gasteiger partial charge is 0.337 e. The van der Waals surface area contributed by atoms with Gasteiger partial charge in [-0.2, -0.15) is 0 Å². The lowest BCUT2D eigenvalue weighted by molar-refractivity contribution is 0.0600. The minimum absolute atomic E-state index is 0.0271. The third-order valence-electron chi connectivity index (χ3n) is 5.22. The van der Waals surface area contributed by atoms with E-state index in [-0.39, 0.29) is 17.4 Å². The number of aryl methyl sites for hydroxylation is 1. The lowest BCUT2D eigenvalue weighted by Crippen LogP contribution is -2.34. The number of anilines is 1. The second-order valence-electron chi connectivity index (χ2n) is 7.51. The Morgan fingerprint density at radius 2 is 1.82 bits per heavy atom. The van der Waals surface area contributed by atoms with Crippen LogP contribution in [0.2, 0.25) is 0 Å². The van der Waals surface area contributed by atoms with Gasteiger partial charge in [-0.15, -0.1) is 0 Å². The van der Waals surface area contributed by atoms with E-state index >= 15 is 0 Å². The summed E-state index contributed by atoms with van der Waals surface area (Å²) in [7, 11) is -1.44. The van der Waals surface area contributed by atoms with E-state index in [0.29, 0.717) is 40.4 Å². The summed E-state index contributed by atoms with van der Waals surface area (Å²) in [5.41, 5.74) is 1.81. The maximum atomic E-state index is 13.9. The van der Waals surface area contributed by atoms with Gasteiger partial charge in [0.25, 0.3) is 10.0 Å². The third-order valence-corrected chi connectivity index (χ3v) is 7.00. The molecule has 0 saturated heterocycles. The molecule has 0 amide bonds. The van der Waals surface area contributed by atoms with Crippen LogP contribution in [0.25, 0.3) is 11.1 Å². The number of nitrogens with zero attached hydrogens (tertiary/aromatic N) is 2. The molecule has 0 aliphatic rings. The van der Waals surface area contributed by atoms with Crippen molar-refractivity contribution in [1.82, 2.24) is 5.16 Å². The lowest BCUT2D eigenvalue weighted by Gasteiger charge is -2.23. The Labute approximate surface area is 199 Å². The molecule has 0 aliphatic heterocycles. The normalized spacial score (nSPS) is 11.3. The summed E-state index contributed by atoms with van der Waals surface area (Å²) in [5, 5.41) is 3.94. The third kappa shape index (κ3) is 4.92. The van der Waals surface area contributed by atoms with Crippen molar-refractivity contribution in [2.24, 2.45) is 0 Å². The van der Waals surface area contributed by atoms with E-state index in [9.17, 15) is 13.2 Å². The molecule has 0 aliphatic carbocycles. The van der Waals surface area contributed by atoms with Crippen LogP contribution in [0.1, 0.15) is 35.0 Å². The predicted molar refractivity (Wildman–Crippen MR) is 127 cm³/mol. The first kappa shape index (κ1) is 25.3. The molecule has 3 rings (SSSR count). The van der Waals surface area contributed by atoms with Crippen molar-refractivity contribution in [2.75, 3.05) is 31.9 Å². The molecule has 1 aromatic heterocycles. The summed E-state index contributed by atoms with van der Waals surface area (Å²) in [6.45, 7) is 5.52. The fourth-order valence-corrected chi connectivity index (χ4v) is 4.94. The van der Waals surface area contributed by atoms with Crippen molar-refractivity contribution in [3.63, 3.8) is 0 Å². The number of ether oxygens (including phenoxy) is 3. The molecule has 10 heteroatoms. The Kier molecular flexibility index (Phi) is 7.95. The van der Waals surface area contributed by atoms with E-state index in [1.807, 2.05) is 6.92 Å². The first-order valence-electron chi connectivity index (χ1n) is 10.6. The Bertz CT molecular complexity index is 1270. The molecule has 0 bridgehead atoms. The zero-order valence-electron chi connectivity index (χ0n) is 19.8. The van der Waals surface area contributed by atoms with Crippen molar-refractivity contribution in [3.05, 3.63) is 59.4 Å².